The molecule has 0 bridgehead atoms. The molecule has 0 fully saturated rings. The van der Waals surface area contributed by atoms with Gasteiger partial charge in [-0.15, -0.1) is 0 Å². The number of hydrogen-bond acceptors (Lipinski definition) is 2. The summed E-state index contributed by atoms with van der Waals surface area (Å²) in [4.78, 5) is 12.1. The maximum Gasteiger partial charge on any atom is 0.257 e. The molecule has 0 unspecified atom stereocenters. The van der Waals surface area contributed by atoms with Crippen LogP contribution in [0.2, 0.25) is 5.02 Å². The highest BCUT2D eigenvalue weighted by molar-refractivity contribution is 7.80. The lowest BCUT2D eigenvalue weighted by molar-refractivity contribution is 0.0977. The molecule has 0 aliphatic rings. The molecule has 5 heteroatoms. The number of halogens is 1. The molecular formula is C16H15ClN2OS. The maximum atomic E-state index is 12.1. The molecule has 0 aromatic heterocycles. The first-order valence-electron chi connectivity index (χ1n) is 6.41. The van der Waals surface area contributed by atoms with E-state index in [1.165, 1.54) is 0 Å². The Labute approximate surface area is 134 Å². The van der Waals surface area contributed by atoms with Gasteiger partial charge in [0.25, 0.3) is 5.91 Å². The summed E-state index contributed by atoms with van der Waals surface area (Å²) in [5, 5.41) is 6.49. The number of amides is 1. The molecule has 108 valence electrons. The molecule has 0 saturated carbocycles. The van der Waals surface area contributed by atoms with E-state index >= 15 is 0 Å². The van der Waals surface area contributed by atoms with Crippen LogP contribution in [0.3, 0.4) is 0 Å². The van der Waals surface area contributed by atoms with Crippen molar-refractivity contribution in [1.29, 1.82) is 0 Å². The second-order valence-corrected chi connectivity index (χ2v) is 5.56. The van der Waals surface area contributed by atoms with E-state index in [9.17, 15) is 4.79 Å². The van der Waals surface area contributed by atoms with E-state index in [1.807, 2.05) is 26.0 Å². The fraction of sp³-hybridized carbons (Fsp3) is 0.125. The minimum atomic E-state index is -0.232. The zero-order valence-corrected chi connectivity index (χ0v) is 13.3. The minimum Gasteiger partial charge on any atom is -0.332 e. The lowest BCUT2D eigenvalue weighted by Crippen LogP contribution is -2.34. The topological polar surface area (TPSA) is 41.1 Å². The van der Waals surface area contributed by atoms with Gasteiger partial charge < -0.3 is 5.32 Å². The van der Waals surface area contributed by atoms with Crippen molar-refractivity contribution in [3.05, 3.63) is 64.2 Å². The number of rotatable bonds is 2. The predicted molar refractivity (Wildman–Crippen MR) is 91.1 cm³/mol. The lowest BCUT2D eigenvalue weighted by Gasteiger charge is -2.10. The van der Waals surface area contributed by atoms with Crippen molar-refractivity contribution in [3.8, 4) is 0 Å². The summed E-state index contributed by atoms with van der Waals surface area (Å²) in [7, 11) is 0. The first-order valence-corrected chi connectivity index (χ1v) is 7.19. The average molecular weight is 319 g/mol. The summed E-state index contributed by atoms with van der Waals surface area (Å²) >= 11 is 10.9. The normalized spacial score (nSPS) is 10.0. The number of aryl methyl sites for hydroxylation is 2. The van der Waals surface area contributed by atoms with Crippen LogP contribution in [-0.4, -0.2) is 11.0 Å². The Morgan fingerprint density at radius 1 is 1.05 bits per heavy atom. The molecular weight excluding hydrogens is 304 g/mol. The summed E-state index contributed by atoms with van der Waals surface area (Å²) in [6.07, 6.45) is 0. The molecule has 2 N–H and O–H groups in total. The third-order valence-electron chi connectivity index (χ3n) is 3.10. The standard InChI is InChI=1S/C16H15ClN2OS/c1-10-3-4-12(9-11(10)2)15(20)19-16(21)18-14-7-5-13(17)6-8-14/h3-9H,1-2H3,(H2,18,19,20,21). The van der Waals surface area contributed by atoms with E-state index in [0.717, 1.165) is 16.8 Å². The van der Waals surface area contributed by atoms with E-state index in [1.54, 1.807) is 30.3 Å². The number of benzene rings is 2. The van der Waals surface area contributed by atoms with Crippen LogP contribution in [0.25, 0.3) is 0 Å². The zero-order chi connectivity index (χ0) is 15.4. The SMILES string of the molecule is Cc1ccc(C(=O)NC(=S)Nc2ccc(Cl)cc2)cc1C. The number of carbonyl (C=O) groups is 1. The minimum absolute atomic E-state index is 0.232. The Morgan fingerprint density at radius 3 is 2.33 bits per heavy atom. The first-order chi connectivity index (χ1) is 9.95. The first kappa shape index (κ1) is 15.5. The average Bonchev–Trinajstić information content (AvgIpc) is 2.44. The number of hydrogen-bond donors (Lipinski definition) is 2. The molecule has 1 amide bonds. The maximum absolute atomic E-state index is 12.1. The molecule has 0 saturated heterocycles. The molecule has 2 aromatic carbocycles. The van der Waals surface area contributed by atoms with Crippen LogP contribution in [-0.2, 0) is 0 Å². The number of nitrogens with one attached hydrogen (secondary N) is 2. The molecule has 3 nitrogen and oxygen atoms in total. The van der Waals surface area contributed by atoms with Gasteiger partial charge >= 0.3 is 0 Å². The van der Waals surface area contributed by atoms with Crippen molar-refractivity contribution in [2.75, 3.05) is 5.32 Å². The smallest absolute Gasteiger partial charge is 0.257 e. The van der Waals surface area contributed by atoms with Gasteiger partial charge in [0.2, 0.25) is 0 Å². The second kappa shape index (κ2) is 6.70. The second-order valence-electron chi connectivity index (χ2n) is 4.71. The summed E-state index contributed by atoms with van der Waals surface area (Å²) < 4.78 is 0. The Kier molecular flexibility index (Phi) is 4.94. The van der Waals surface area contributed by atoms with Crippen molar-refractivity contribution in [2.24, 2.45) is 0 Å². The van der Waals surface area contributed by atoms with Crippen molar-refractivity contribution in [1.82, 2.24) is 5.32 Å². The fourth-order valence-corrected chi connectivity index (χ4v) is 2.09. The molecule has 0 heterocycles. The van der Waals surface area contributed by atoms with Crippen LogP contribution in [0.5, 0.6) is 0 Å². The van der Waals surface area contributed by atoms with Crippen molar-refractivity contribution < 1.29 is 4.79 Å². The van der Waals surface area contributed by atoms with Gasteiger partial charge in [-0.05, 0) is 73.6 Å². The molecule has 2 rings (SSSR count). The Bertz CT molecular complexity index is 683. The number of anilines is 1. The van der Waals surface area contributed by atoms with Crippen molar-refractivity contribution in [3.63, 3.8) is 0 Å². The van der Waals surface area contributed by atoms with Gasteiger partial charge in [-0.2, -0.15) is 0 Å². The number of thiocarbonyl (C=S) groups is 1. The van der Waals surface area contributed by atoms with E-state index in [-0.39, 0.29) is 11.0 Å². The molecule has 0 aliphatic carbocycles. The fourth-order valence-electron chi connectivity index (χ4n) is 1.75. The van der Waals surface area contributed by atoms with Gasteiger partial charge in [-0.25, -0.2) is 0 Å². The molecule has 21 heavy (non-hydrogen) atoms. The van der Waals surface area contributed by atoms with Crippen LogP contribution in [0, 0.1) is 13.8 Å². The van der Waals surface area contributed by atoms with E-state index in [2.05, 4.69) is 10.6 Å². The van der Waals surface area contributed by atoms with E-state index in [4.69, 9.17) is 23.8 Å². The third-order valence-corrected chi connectivity index (χ3v) is 3.55. The summed E-state index contributed by atoms with van der Waals surface area (Å²) in [6.45, 7) is 3.97. The Balaban J connectivity index is 2.00. The van der Waals surface area contributed by atoms with Crippen LogP contribution >= 0.6 is 23.8 Å². The summed E-state index contributed by atoms with van der Waals surface area (Å²) in [6, 6.07) is 12.6. The largest absolute Gasteiger partial charge is 0.332 e. The lowest BCUT2D eigenvalue weighted by atomic mass is 10.1. The monoisotopic (exact) mass is 318 g/mol. The van der Waals surface area contributed by atoms with Crippen molar-refractivity contribution >= 4 is 40.5 Å². The van der Waals surface area contributed by atoms with Gasteiger partial charge in [0.1, 0.15) is 0 Å². The van der Waals surface area contributed by atoms with E-state index in [0.29, 0.717) is 10.6 Å². The van der Waals surface area contributed by atoms with E-state index < -0.39 is 0 Å². The summed E-state index contributed by atoms with van der Waals surface area (Å²) in [5.41, 5.74) is 3.57. The van der Waals surface area contributed by atoms with Gasteiger partial charge in [-0.1, -0.05) is 17.7 Å². The van der Waals surface area contributed by atoms with Gasteiger partial charge in [-0.3, -0.25) is 10.1 Å². The molecule has 0 atom stereocenters. The van der Waals surface area contributed by atoms with Gasteiger partial charge in [0.15, 0.2) is 5.11 Å². The highest BCUT2D eigenvalue weighted by Gasteiger charge is 2.08. The predicted octanol–water partition coefficient (Wildman–Crippen LogP) is 4.08. The molecule has 2 aromatic rings. The highest BCUT2D eigenvalue weighted by Crippen LogP contribution is 2.13. The van der Waals surface area contributed by atoms with Gasteiger partial charge in [0.05, 0.1) is 0 Å². The van der Waals surface area contributed by atoms with Crippen LogP contribution < -0.4 is 10.6 Å². The van der Waals surface area contributed by atoms with Crippen molar-refractivity contribution in [2.45, 2.75) is 13.8 Å². The zero-order valence-electron chi connectivity index (χ0n) is 11.7. The number of carbonyl (C=O) groups excluding carboxylic acids is 1. The Morgan fingerprint density at radius 2 is 1.71 bits per heavy atom. The molecule has 0 aliphatic heterocycles. The quantitative estimate of drug-likeness (QED) is 0.820. The van der Waals surface area contributed by atoms with Crippen LogP contribution in [0.15, 0.2) is 42.5 Å². The van der Waals surface area contributed by atoms with Gasteiger partial charge in [0, 0.05) is 16.3 Å². The van der Waals surface area contributed by atoms with Crippen LogP contribution in [0.4, 0.5) is 5.69 Å². The molecule has 0 radical (unpaired) electrons. The Hall–Kier alpha value is -1.91. The molecule has 0 spiro atoms. The van der Waals surface area contributed by atoms with Crippen LogP contribution in [0.1, 0.15) is 21.5 Å². The third kappa shape index (κ3) is 4.28. The summed E-state index contributed by atoms with van der Waals surface area (Å²) in [5.74, 6) is -0.232. The highest BCUT2D eigenvalue weighted by atomic mass is 35.5.